The summed E-state index contributed by atoms with van der Waals surface area (Å²) >= 11 is 3.21. The maximum absolute atomic E-state index is 12.5. The van der Waals surface area contributed by atoms with E-state index in [1.807, 2.05) is 0 Å². The molecule has 7 heteroatoms. The molecule has 2 aromatic heterocycles. The molecule has 7 rings (SSSR count). The SMILES string of the molecule is O=C(CSCc1nc2sc3c(c2c(=O)[nH]1)CCC3)NCC12CC3CC(CC(C3)C1)C2. The number of thiophene rings is 1. The van der Waals surface area contributed by atoms with Crippen molar-refractivity contribution in [2.75, 3.05) is 12.3 Å². The van der Waals surface area contributed by atoms with Gasteiger partial charge in [-0.2, -0.15) is 0 Å². The molecule has 2 N–H and O–H groups in total. The van der Waals surface area contributed by atoms with Gasteiger partial charge in [-0.1, -0.05) is 0 Å². The van der Waals surface area contributed by atoms with Crippen LogP contribution in [0.4, 0.5) is 0 Å². The van der Waals surface area contributed by atoms with Gasteiger partial charge in [-0.25, -0.2) is 4.98 Å². The second kappa shape index (κ2) is 7.37. The first-order valence-electron chi connectivity index (χ1n) is 11.4. The summed E-state index contributed by atoms with van der Waals surface area (Å²) in [6, 6.07) is 0. The number of amides is 1. The van der Waals surface area contributed by atoms with Gasteiger partial charge in [0.15, 0.2) is 0 Å². The quantitative estimate of drug-likeness (QED) is 0.707. The van der Waals surface area contributed by atoms with Crippen molar-refractivity contribution in [3.05, 3.63) is 26.6 Å². The molecule has 5 aliphatic carbocycles. The van der Waals surface area contributed by atoms with Crippen molar-refractivity contribution in [2.24, 2.45) is 23.2 Å². The van der Waals surface area contributed by atoms with E-state index in [-0.39, 0.29) is 11.5 Å². The molecule has 0 aliphatic heterocycles. The predicted molar refractivity (Wildman–Crippen MR) is 122 cm³/mol. The van der Waals surface area contributed by atoms with Gasteiger partial charge in [0.05, 0.1) is 16.9 Å². The van der Waals surface area contributed by atoms with Gasteiger partial charge in [-0.15, -0.1) is 23.1 Å². The molecule has 4 bridgehead atoms. The fourth-order valence-corrected chi connectivity index (χ4v) is 9.20. The lowest BCUT2D eigenvalue weighted by atomic mass is 9.49. The number of carbonyl (C=O) groups is 1. The average molecular weight is 444 g/mol. The Balaban J connectivity index is 1.03. The maximum Gasteiger partial charge on any atom is 0.259 e. The van der Waals surface area contributed by atoms with E-state index in [4.69, 9.17) is 0 Å². The number of hydrogen-bond donors (Lipinski definition) is 2. The zero-order valence-electron chi connectivity index (χ0n) is 17.3. The van der Waals surface area contributed by atoms with E-state index >= 15 is 0 Å². The van der Waals surface area contributed by atoms with Gasteiger partial charge in [0.2, 0.25) is 5.91 Å². The fraction of sp³-hybridized carbons (Fsp3) is 0.696. The molecular weight excluding hydrogens is 414 g/mol. The predicted octanol–water partition coefficient (Wildman–Crippen LogP) is 4.04. The standard InChI is InChI=1S/C23H29N3O2S2/c27-19(24-12-23-7-13-4-14(8-23)6-15(5-13)9-23)11-29-10-18-25-21(28)20-16-2-1-3-17(16)30-22(20)26-18/h13-15H,1-12H2,(H,24,27)(H,25,26,28). The largest absolute Gasteiger partial charge is 0.355 e. The van der Waals surface area contributed by atoms with Gasteiger partial charge < -0.3 is 10.3 Å². The molecule has 5 aliphatic rings. The molecule has 0 aromatic carbocycles. The van der Waals surface area contributed by atoms with Crippen molar-refractivity contribution >= 4 is 39.2 Å². The number of fused-ring (bicyclic) bond motifs is 3. The molecule has 2 heterocycles. The Labute approximate surface area is 184 Å². The lowest BCUT2D eigenvalue weighted by Gasteiger charge is -2.56. The van der Waals surface area contributed by atoms with Crippen LogP contribution in [0.3, 0.4) is 0 Å². The number of aromatic nitrogens is 2. The van der Waals surface area contributed by atoms with E-state index in [1.54, 1.807) is 11.3 Å². The average Bonchev–Trinajstić information content (AvgIpc) is 3.26. The highest BCUT2D eigenvalue weighted by Gasteiger charge is 2.50. The van der Waals surface area contributed by atoms with Gasteiger partial charge in [0, 0.05) is 11.4 Å². The molecule has 160 valence electrons. The number of rotatable bonds is 6. The van der Waals surface area contributed by atoms with E-state index in [0.29, 0.717) is 22.7 Å². The van der Waals surface area contributed by atoms with Crippen molar-refractivity contribution in [3.8, 4) is 0 Å². The molecule has 0 radical (unpaired) electrons. The zero-order chi connectivity index (χ0) is 20.3. The minimum absolute atomic E-state index is 0.0127. The summed E-state index contributed by atoms with van der Waals surface area (Å²) in [4.78, 5) is 34.9. The summed E-state index contributed by atoms with van der Waals surface area (Å²) < 4.78 is 0. The van der Waals surface area contributed by atoms with E-state index in [0.717, 1.165) is 53.8 Å². The summed E-state index contributed by atoms with van der Waals surface area (Å²) in [6.07, 6.45) is 11.5. The lowest BCUT2D eigenvalue weighted by Crippen LogP contribution is -2.51. The third kappa shape index (κ3) is 3.42. The maximum atomic E-state index is 12.5. The third-order valence-electron chi connectivity index (χ3n) is 7.92. The van der Waals surface area contributed by atoms with Crippen LogP contribution < -0.4 is 10.9 Å². The number of nitrogens with zero attached hydrogens (tertiary/aromatic N) is 1. The van der Waals surface area contributed by atoms with Gasteiger partial charge in [0.25, 0.3) is 5.56 Å². The lowest BCUT2D eigenvalue weighted by molar-refractivity contribution is -0.120. The summed E-state index contributed by atoms with van der Waals surface area (Å²) in [5, 5.41) is 4.04. The van der Waals surface area contributed by atoms with Crippen molar-refractivity contribution in [1.82, 2.24) is 15.3 Å². The van der Waals surface area contributed by atoms with Crippen LogP contribution in [0.5, 0.6) is 0 Å². The monoisotopic (exact) mass is 443 g/mol. The first-order chi connectivity index (χ1) is 14.6. The van der Waals surface area contributed by atoms with Gasteiger partial charge in [-0.3, -0.25) is 9.59 Å². The van der Waals surface area contributed by atoms with Gasteiger partial charge in [-0.05, 0) is 86.5 Å². The van der Waals surface area contributed by atoms with Crippen LogP contribution in [0, 0.1) is 23.2 Å². The number of aryl methyl sites for hydroxylation is 2. The summed E-state index contributed by atoms with van der Waals surface area (Å²) in [7, 11) is 0. The Bertz CT molecular complexity index is 1020. The zero-order valence-corrected chi connectivity index (χ0v) is 18.9. The Hall–Kier alpha value is -1.34. The first-order valence-corrected chi connectivity index (χ1v) is 13.4. The molecule has 2 aromatic rings. The molecule has 0 atom stereocenters. The number of H-pyrrole nitrogens is 1. The van der Waals surface area contributed by atoms with Crippen LogP contribution >= 0.6 is 23.1 Å². The van der Waals surface area contributed by atoms with E-state index in [1.165, 1.54) is 60.7 Å². The first kappa shape index (κ1) is 19.4. The van der Waals surface area contributed by atoms with E-state index in [2.05, 4.69) is 15.3 Å². The highest BCUT2D eigenvalue weighted by Crippen LogP contribution is 2.59. The van der Waals surface area contributed by atoms with Crippen molar-refractivity contribution in [1.29, 1.82) is 0 Å². The van der Waals surface area contributed by atoms with E-state index < -0.39 is 0 Å². The van der Waals surface area contributed by atoms with Crippen LogP contribution in [-0.4, -0.2) is 28.2 Å². The molecule has 0 spiro atoms. The van der Waals surface area contributed by atoms with E-state index in [9.17, 15) is 9.59 Å². The molecule has 5 nitrogen and oxygen atoms in total. The summed E-state index contributed by atoms with van der Waals surface area (Å²) in [6.45, 7) is 0.859. The van der Waals surface area contributed by atoms with Crippen molar-refractivity contribution in [3.63, 3.8) is 0 Å². The molecule has 0 unspecified atom stereocenters. The van der Waals surface area contributed by atoms with Crippen LogP contribution in [-0.2, 0) is 23.4 Å². The molecule has 30 heavy (non-hydrogen) atoms. The fourth-order valence-electron chi connectivity index (χ4n) is 7.20. The highest BCUT2D eigenvalue weighted by molar-refractivity contribution is 7.99. The Morgan fingerprint density at radius 1 is 1.17 bits per heavy atom. The molecular formula is C23H29N3O2S2. The second-order valence-electron chi connectivity index (χ2n) is 10.2. The van der Waals surface area contributed by atoms with Crippen molar-refractivity contribution < 1.29 is 4.79 Å². The number of aromatic amines is 1. The smallest absolute Gasteiger partial charge is 0.259 e. The summed E-state index contributed by atoms with van der Waals surface area (Å²) in [5.74, 6) is 4.55. The van der Waals surface area contributed by atoms with Crippen LogP contribution in [0.25, 0.3) is 10.2 Å². The minimum Gasteiger partial charge on any atom is -0.355 e. The summed E-state index contributed by atoms with van der Waals surface area (Å²) in [5.41, 5.74) is 1.58. The molecule has 4 fully saturated rings. The van der Waals surface area contributed by atoms with Gasteiger partial charge in [0.1, 0.15) is 10.7 Å². The van der Waals surface area contributed by atoms with Crippen LogP contribution in [0.15, 0.2) is 4.79 Å². The molecule has 0 saturated heterocycles. The van der Waals surface area contributed by atoms with Crippen molar-refractivity contribution in [2.45, 2.75) is 63.5 Å². The van der Waals surface area contributed by atoms with Gasteiger partial charge >= 0.3 is 0 Å². The highest BCUT2D eigenvalue weighted by atomic mass is 32.2. The number of thioether (sulfide) groups is 1. The van der Waals surface area contributed by atoms with Crippen LogP contribution in [0.2, 0.25) is 0 Å². The minimum atomic E-state index is -0.0127. The third-order valence-corrected chi connectivity index (χ3v) is 10.1. The topological polar surface area (TPSA) is 74.8 Å². The Morgan fingerprint density at radius 3 is 2.63 bits per heavy atom. The Kier molecular flexibility index (Phi) is 4.75. The molecule has 1 amide bonds. The Morgan fingerprint density at radius 2 is 1.90 bits per heavy atom. The second-order valence-corrected chi connectivity index (χ2v) is 12.3. The number of hydrogen-bond acceptors (Lipinski definition) is 5. The number of nitrogens with one attached hydrogen (secondary N) is 2. The van der Waals surface area contributed by atoms with Crippen LogP contribution in [0.1, 0.15) is 61.2 Å². The number of carbonyl (C=O) groups excluding carboxylic acids is 1. The molecule has 4 saturated carbocycles. The normalized spacial score (nSPS) is 31.4.